The molecule has 5 nitrogen and oxygen atoms in total. The predicted octanol–water partition coefficient (Wildman–Crippen LogP) is 3.33. The van der Waals surface area contributed by atoms with Crippen molar-refractivity contribution in [3.8, 4) is 11.5 Å². The van der Waals surface area contributed by atoms with Crippen LogP contribution in [0.2, 0.25) is 0 Å². The minimum Gasteiger partial charge on any atom is -0.504 e. The van der Waals surface area contributed by atoms with Crippen molar-refractivity contribution in [2.24, 2.45) is 5.10 Å². The maximum Gasteiger partial charge on any atom is 0.191 e. The maximum atomic E-state index is 9.78. The summed E-state index contributed by atoms with van der Waals surface area (Å²) >= 11 is 7.17. The fraction of sp³-hybridized carbons (Fsp3) is 0.0667. The van der Waals surface area contributed by atoms with Gasteiger partial charge in [0.1, 0.15) is 0 Å². The van der Waals surface area contributed by atoms with E-state index >= 15 is 0 Å². The zero-order valence-electron chi connectivity index (χ0n) is 11.7. The molecule has 0 fully saturated rings. The van der Waals surface area contributed by atoms with E-state index < -0.39 is 0 Å². The summed E-state index contributed by atoms with van der Waals surface area (Å²) in [6, 6.07) is 13.1. The number of benzene rings is 2. The predicted molar refractivity (Wildman–Crippen MR) is 101 cm³/mol. The van der Waals surface area contributed by atoms with E-state index in [1.54, 1.807) is 18.3 Å². The Bertz CT molecular complexity index is 693. The molecule has 2 rings (SSSR count). The lowest BCUT2D eigenvalue weighted by Crippen LogP contribution is -2.23. The fourth-order valence-electron chi connectivity index (χ4n) is 1.67. The molecule has 0 aliphatic carbocycles. The highest BCUT2D eigenvalue weighted by Crippen LogP contribution is 2.31. The fourth-order valence-corrected chi connectivity index (χ4v) is 2.47. The molecule has 22 heavy (non-hydrogen) atoms. The third-order valence-electron chi connectivity index (χ3n) is 2.68. The first-order chi connectivity index (χ1) is 10.6. The summed E-state index contributed by atoms with van der Waals surface area (Å²) in [4.78, 5) is 0. The van der Waals surface area contributed by atoms with E-state index in [4.69, 9.17) is 17.0 Å². The first-order valence-electron chi connectivity index (χ1n) is 6.31. The number of halogens is 1. The number of thiocarbonyl (C=S) groups is 1. The number of hydrogen-bond donors (Lipinski definition) is 3. The van der Waals surface area contributed by atoms with E-state index in [2.05, 4.69) is 15.8 Å². The Balaban J connectivity index is 1.98. The second kappa shape index (κ2) is 7.95. The average Bonchev–Trinajstić information content (AvgIpc) is 2.51. The van der Waals surface area contributed by atoms with Gasteiger partial charge in [-0.25, -0.2) is 0 Å². The molecule has 0 bridgehead atoms. The van der Waals surface area contributed by atoms with Gasteiger partial charge in [0.25, 0.3) is 0 Å². The third kappa shape index (κ3) is 4.57. The number of ether oxygens (including phenoxy) is 1. The van der Waals surface area contributed by atoms with Crippen molar-refractivity contribution in [2.45, 2.75) is 0 Å². The summed E-state index contributed by atoms with van der Waals surface area (Å²) in [5.41, 5.74) is 4.41. The van der Waals surface area contributed by atoms with Gasteiger partial charge in [0.2, 0.25) is 0 Å². The van der Waals surface area contributed by atoms with E-state index in [-0.39, 0.29) is 5.75 Å². The molecule has 2 aromatic carbocycles. The number of nitrogens with zero attached hydrogens (tertiary/aromatic N) is 1. The van der Waals surface area contributed by atoms with Crippen LogP contribution in [0.5, 0.6) is 11.5 Å². The van der Waals surface area contributed by atoms with Gasteiger partial charge in [-0.3, -0.25) is 5.43 Å². The first-order valence-corrected chi connectivity index (χ1v) is 7.80. The quantitative estimate of drug-likeness (QED) is 0.303. The maximum absolute atomic E-state index is 9.78. The largest absolute Gasteiger partial charge is 0.504 e. The van der Waals surface area contributed by atoms with Crippen LogP contribution in [0.1, 0.15) is 5.56 Å². The topological polar surface area (TPSA) is 65.9 Å². The molecule has 0 radical (unpaired) electrons. The summed E-state index contributed by atoms with van der Waals surface area (Å²) in [7, 11) is 1.50. The van der Waals surface area contributed by atoms with Gasteiger partial charge in [-0.15, -0.1) is 0 Å². The molecule has 0 aromatic heterocycles. The molecule has 2 aromatic rings. The number of aromatic hydroxyl groups is 1. The number of anilines is 1. The van der Waals surface area contributed by atoms with Crippen molar-refractivity contribution in [3.05, 3.63) is 51.6 Å². The summed E-state index contributed by atoms with van der Waals surface area (Å²) in [5, 5.41) is 17.2. The van der Waals surface area contributed by atoms with E-state index in [0.717, 1.165) is 11.3 Å². The second-order valence-electron chi connectivity index (χ2n) is 4.24. The number of hydrogen-bond acceptors (Lipinski definition) is 4. The molecule has 0 aliphatic heterocycles. The highest BCUT2D eigenvalue weighted by atomic mass is 127. The number of methoxy groups -OCH3 is 1. The van der Waals surface area contributed by atoms with Crippen molar-refractivity contribution < 1.29 is 9.84 Å². The molecule has 0 spiro atoms. The lowest BCUT2D eigenvalue weighted by Gasteiger charge is -2.07. The van der Waals surface area contributed by atoms with Crippen molar-refractivity contribution in [1.29, 1.82) is 0 Å². The second-order valence-corrected chi connectivity index (χ2v) is 5.81. The van der Waals surface area contributed by atoms with Gasteiger partial charge < -0.3 is 15.2 Å². The summed E-state index contributed by atoms with van der Waals surface area (Å²) in [6.07, 6.45) is 1.60. The highest BCUT2D eigenvalue weighted by Gasteiger charge is 2.07. The van der Waals surface area contributed by atoms with Crippen molar-refractivity contribution in [1.82, 2.24) is 5.43 Å². The standard InChI is InChI=1S/C15H14IN3O2S/c1-21-13-8-10(7-12(16)14(13)20)9-17-19-15(22)18-11-5-3-2-4-6-11/h2-9,20H,1H3,(H2,18,19,22)/b17-9+. The van der Waals surface area contributed by atoms with Crippen molar-refractivity contribution in [3.63, 3.8) is 0 Å². The molecule has 3 N–H and O–H groups in total. The molecule has 0 unspecified atom stereocenters. The Kier molecular flexibility index (Phi) is 5.96. The summed E-state index contributed by atoms with van der Waals surface area (Å²) in [6.45, 7) is 0. The number of hydrazone groups is 1. The average molecular weight is 427 g/mol. The molecule has 0 aliphatic rings. The van der Waals surface area contributed by atoms with Crippen LogP contribution in [0, 0.1) is 3.57 Å². The third-order valence-corrected chi connectivity index (χ3v) is 3.70. The number of phenolic OH excluding ortho intramolecular Hbond substituents is 1. The lowest BCUT2D eigenvalue weighted by molar-refractivity contribution is 0.371. The van der Waals surface area contributed by atoms with Crippen LogP contribution < -0.4 is 15.5 Å². The molecule has 0 amide bonds. The smallest absolute Gasteiger partial charge is 0.191 e. The SMILES string of the molecule is COc1cc(/C=N/NC(=S)Nc2ccccc2)cc(I)c1O. The molecule has 0 saturated carbocycles. The van der Waals surface area contributed by atoms with Gasteiger partial charge in [-0.05, 0) is 64.6 Å². The van der Waals surface area contributed by atoms with E-state index in [1.165, 1.54) is 7.11 Å². The van der Waals surface area contributed by atoms with Crippen LogP contribution in [-0.4, -0.2) is 23.5 Å². The van der Waals surface area contributed by atoms with Gasteiger partial charge in [-0.2, -0.15) is 5.10 Å². The zero-order valence-corrected chi connectivity index (χ0v) is 14.7. The Hall–Kier alpha value is -1.87. The molecule has 0 atom stereocenters. The van der Waals surface area contributed by atoms with E-state index in [1.807, 2.05) is 52.9 Å². The van der Waals surface area contributed by atoms with Crippen LogP contribution in [0.15, 0.2) is 47.6 Å². The van der Waals surface area contributed by atoms with Crippen LogP contribution >= 0.6 is 34.8 Å². The van der Waals surface area contributed by atoms with Crippen molar-refractivity contribution in [2.75, 3.05) is 12.4 Å². The van der Waals surface area contributed by atoms with Crippen LogP contribution in [0.3, 0.4) is 0 Å². The normalized spacial score (nSPS) is 10.5. The van der Waals surface area contributed by atoms with Crippen LogP contribution in [-0.2, 0) is 0 Å². The zero-order chi connectivity index (χ0) is 15.9. The van der Waals surface area contributed by atoms with Gasteiger partial charge in [-0.1, -0.05) is 18.2 Å². The summed E-state index contributed by atoms with van der Waals surface area (Å²) in [5.74, 6) is 0.521. The molecule has 0 saturated heterocycles. The minimum atomic E-state index is 0.120. The molecular formula is C15H14IN3O2S. The Morgan fingerprint density at radius 2 is 2.05 bits per heavy atom. The van der Waals surface area contributed by atoms with Crippen LogP contribution in [0.25, 0.3) is 0 Å². The van der Waals surface area contributed by atoms with E-state index in [0.29, 0.717) is 14.4 Å². The number of para-hydroxylation sites is 1. The Labute approximate surface area is 147 Å². The lowest BCUT2D eigenvalue weighted by atomic mass is 10.2. The van der Waals surface area contributed by atoms with Gasteiger partial charge >= 0.3 is 0 Å². The molecule has 114 valence electrons. The number of nitrogens with one attached hydrogen (secondary N) is 2. The van der Waals surface area contributed by atoms with Gasteiger partial charge in [0, 0.05) is 5.69 Å². The van der Waals surface area contributed by atoms with Crippen LogP contribution in [0.4, 0.5) is 5.69 Å². The Morgan fingerprint density at radius 1 is 1.32 bits per heavy atom. The highest BCUT2D eigenvalue weighted by molar-refractivity contribution is 14.1. The monoisotopic (exact) mass is 427 g/mol. The molecular weight excluding hydrogens is 413 g/mol. The van der Waals surface area contributed by atoms with Gasteiger partial charge in [0.05, 0.1) is 16.9 Å². The van der Waals surface area contributed by atoms with Gasteiger partial charge in [0.15, 0.2) is 16.6 Å². The molecule has 7 heteroatoms. The van der Waals surface area contributed by atoms with Crippen molar-refractivity contribution >= 4 is 51.8 Å². The summed E-state index contributed by atoms with van der Waals surface area (Å²) < 4.78 is 5.78. The number of rotatable bonds is 4. The first kappa shape index (κ1) is 16.5. The Morgan fingerprint density at radius 3 is 2.73 bits per heavy atom. The minimum absolute atomic E-state index is 0.120. The molecule has 0 heterocycles. The van der Waals surface area contributed by atoms with E-state index in [9.17, 15) is 5.11 Å². The number of phenols is 1.